The summed E-state index contributed by atoms with van der Waals surface area (Å²) in [4.78, 5) is 23.3. The van der Waals surface area contributed by atoms with Gasteiger partial charge in [-0.05, 0) is 18.9 Å². The van der Waals surface area contributed by atoms with Crippen LogP contribution in [0.4, 0.5) is 13.6 Å². The van der Waals surface area contributed by atoms with Gasteiger partial charge in [0.15, 0.2) is 5.78 Å². The Labute approximate surface area is 128 Å². The van der Waals surface area contributed by atoms with Crippen molar-refractivity contribution in [1.29, 1.82) is 0 Å². The van der Waals surface area contributed by atoms with E-state index in [1.807, 2.05) is 6.07 Å². The number of carbonyl (C=O) groups excluding carboxylic acids is 2. The Morgan fingerprint density at radius 3 is 2.32 bits per heavy atom. The predicted octanol–water partition coefficient (Wildman–Crippen LogP) is 3.55. The molecular formula is C16H21F2NO3. The van der Waals surface area contributed by atoms with Gasteiger partial charge in [-0.15, -0.1) is 0 Å². The van der Waals surface area contributed by atoms with E-state index < -0.39 is 24.0 Å². The van der Waals surface area contributed by atoms with Crippen molar-refractivity contribution in [1.82, 2.24) is 5.32 Å². The number of benzene rings is 1. The highest BCUT2D eigenvalue weighted by molar-refractivity contribution is 5.85. The van der Waals surface area contributed by atoms with E-state index in [9.17, 15) is 18.4 Å². The Morgan fingerprint density at radius 2 is 1.82 bits per heavy atom. The van der Waals surface area contributed by atoms with Crippen LogP contribution in [-0.4, -0.2) is 24.3 Å². The molecule has 1 rings (SSSR count). The number of ether oxygens (including phenoxy) is 1. The van der Waals surface area contributed by atoms with Gasteiger partial charge in [-0.1, -0.05) is 44.2 Å². The first-order valence-electron chi connectivity index (χ1n) is 6.98. The van der Waals surface area contributed by atoms with Crippen molar-refractivity contribution in [3.63, 3.8) is 0 Å². The number of Topliss-reactive ketones (excluding diaryl/α,β-unsaturated/α-hetero) is 1. The fourth-order valence-corrected chi connectivity index (χ4v) is 1.82. The van der Waals surface area contributed by atoms with Gasteiger partial charge < -0.3 is 10.1 Å². The molecule has 122 valence electrons. The monoisotopic (exact) mass is 313 g/mol. The molecule has 0 radical (unpaired) electrons. The summed E-state index contributed by atoms with van der Waals surface area (Å²) in [5.41, 5.74) is -0.576. The minimum absolute atomic E-state index is 0.0511. The average Bonchev–Trinajstić information content (AvgIpc) is 2.45. The highest BCUT2D eigenvalue weighted by Gasteiger charge is 2.34. The predicted molar refractivity (Wildman–Crippen MR) is 78.6 cm³/mol. The summed E-state index contributed by atoms with van der Waals surface area (Å²) in [5, 5.41) is 2.35. The molecule has 1 aromatic rings. The van der Waals surface area contributed by atoms with Crippen LogP contribution in [0.3, 0.4) is 0 Å². The van der Waals surface area contributed by atoms with Crippen LogP contribution >= 0.6 is 0 Å². The first kappa shape index (κ1) is 18.1. The topological polar surface area (TPSA) is 55.4 Å². The van der Waals surface area contributed by atoms with Crippen LogP contribution in [0.5, 0.6) is 0 Å². The van der Waals surface area contributed by atoms with Gasteiger partial charge in [0.25, 0.3) is 0 Å². The van der Waals surface area contributed by atoms with Crippen LogP contribution < -0.4 is 5.32 Å². The minimum atomic E-state index is -2.59. The number of nitrogens with one attached hydrogen (secondary N) is 1. The number of halogens is 2. The zero-order valence-corrected chi connectivity index (χ0v) is 12.9. The number of alkyl carbamates (subject to hydrolysis) is 1. The summed E-state index contributed by atoms with van der Waals surface area (Å²) < 4.78 is 30.8. The number of ketones is 1. The maximum Gasteiger partial charge on any atom is 0.408 e. The van der Waals surface area contributed by atoms with Gasteiger partial charge in [-0.2, -0.15) is 0 Å². The smallest absolute Gasteiger partial charge is 0.408 e. The summed E-state index contributed by atoms with van der Waals surface area (Å²) in [5.74, 6) is -0.384. The van der Waals surface area contributed by atoms with Gasteiger partial charge in [0, 0.05) is 5.41 Å². The van der Waals surface area contributed by atoms with Crippen LogP contribution in [0.15, 0.2) is 30.3 Å². The van der Waals surface area contributed by atoms with Gasteiger partial charge >= 0.3 is 6.09 Å². The molecule has 0 aromatic heterocycles. The molecule has 0 aliphatic carbocycles. The highest BCUT2D eigenvalue weighted by atomic mass is 19.3. The Morgan fingerprint density at radius 1 is 1.23 bits per heavy atom. The number of amides is 1. The molecule has 1 atom stereocenters. The average molecular weight is 313 g/mol. The molecular weight excluding hydrogens is 292 g/mol. The summed E-state index contributed by atoms with van der Waals surface area (Å²) in [6.45, 7) is 4.01. The van der Waals surface area contributed by atoms with Crippen molar-refractivity contribution in [2.45, 2.75) is 46.3 Å². The van der Waals surface area contributed by atoms with E-state index in [0.717, 1.165) is 5.56 Å². The number of rotatable bonds is 7. The molecule has 1 amide bonds. The largest absolute Gasteiger partial charge is 0.445 e. The van der Waals surface area contributed by atoms with Gasteiger partial charge in [-0.25, -0.2) is 13.6 Å². The standard InChI is InChI=1S/C16H21F2NO3/c1-11(20)13(9-16(2,3)14(17)18)19-15(21)22-10-12-7-5-4-6-8-12/h4-8,13-14H,9-10H2,1-3H3,(H,19,21). The van der Waals surface area contributed by atoms with Crippen molar-refractivity contribution in [3.8, 4) is 0 Å². The molecule has 0 bridgehead atoms. The lowest BCUT2D eigenvalue weighted by molar-refractivity contribution is -0.120. The molecule has 0 heterocycles. The molecule has 0 saturated heterocycles. The summed E-state index contributed by atoms with van der Waals surface area (Å²) in [6, 6.07) is 8.03. The van der Waals surface area contributed by atoms with E-state index in [2.05, 4.69) is 5.32 Å². The molecule has 1 N–H and O–H groups in total. The Balaban J connectivity index is 2.56. The molecule has 0 fully saturated rings. The second kappa shape index (κ2) is 7.87. The van der Waals surface area contributed by atoms with Crippen molar-refractivity contribution in [2.75, 3.05) is 0 Å². The quantitative estimate of drug-likeness (QED) is 0.837. The SMILES string of the molecule is CC(=O)C(CC(C)(C)C(F)F)NC(=O)OCc1ccccc1. The Hall–Kier alpha value is -1.98. The summed E-state index contributed by atoms with van der Waals surface area (Å²) in [7, 11) is 0. The minimum Gasteiger partial charge on any atom is -0.445 e. The lowest BCUT2D eigenvalue weighted by atomic mass is 9.85. The van der Waals surface area contributed by atoms with Crippen molar-refractivity contribution in [2.24, 2.45) is 5.41 Å². The summed E-state index contributed by atoms with van der Waals surface area (Å²) in [6.07, 6.45) is -3.54. The third-order valence-electron chi connectivity index (χ3n) is 3.32. The van der Waals surface area contributed by atoms with Crippen LogP contribution in [0.1, 0.15) is 32.8 Å². The van der Waals surface area contributed by atoms with Gasteiger partial charge in [0.05, 0.1) is 6.04 Å². The van der Waals surface area contributed by atoms with Crippen molar-refractivity contribution in [3.05, 3.63) is 35.9 Å². The van der Waals surface area contributed by atoms with Gasteiger partial charge in [-0.3, -0.25) is 4.79 Å². The first-order chi connectivity index (χ1) is 10.2. The lowest BCUT2D eigenvalue weighted by Gasteiger charge is -2.28. The van der Waals surface area contributed by atoms with Crippen LogP contribution in [0.25, 0.3) is 0 Å². The second-order valence-corrected chi connectivity index (χ2v) is 5.86. The molecule has 0 aliphatic heterocycles. The number of hydrogen-bond acceptors (Lipinski definition) is 3. The fourth-order valence-electron chi connectivity index (χ4n) is 1.82. The number of carbonyl (C=O) groups is 2. The van der Waals surface area contributed by atoms with Gasteiger partial charge in [0.2, 0.25) is 6.43 Å². The molecule has 6 heteroatoms. The van der Waals surface area contributed by atoms with E-state index in [1.165, 1.54) is 20.8 Å². The molecule has 4 nitrogen and oxygen atoms in total. The molecule has 1 aromatic carbocycles. The van der Waals surface area contributed by atoms with Crippen LogP contribution in [0, 0.1) is 5.41 Å². The molecule has 1 unspecified atom stereocenters. The summed E-state index contributed by atoms with van der Waals surface area (Å²) >= 11 is 0. The van der Waals surface area contributed by atoms with Crippen LogP contribution in [-0.2, 0) is 16.1 Å². The fraction of sp³-hybridized carbons (Fsp3) is 0.500. The molecule has 0 saturated carbocycles. The Bertz CT molecular complexity index is 503. The highest BCUT2D eigenvalue weighted by Crippen LogP contribution is 2.30. The molecule has 0 spiro atoms. The maximum atomic E-state index is 12.9. The van der Waals surface area contributed by atoms with Crippen molar-refractivity contribution >= 4 is 11.9 Å². The lowest BCUT2D eigenvalue weighted by Crippen LogP contribution is -2.44. The zero-order valence-electron chi connectivity index (χ0n) is 12.9. The van der Waals surface area contributed by atoms with E-state index in [0.29, 0.717) is 0 Å². The van der Waals surface area contributed by atoms with E-state index in [1.54, 1.807) is 24.3 Å². The van der Waals surface area contributed by atoms with E-state index in [4.69, 9.17) is 4.74 Å². The van der Waals surface area contributed by atoms with Crippen molar-refractivity contribution < 1.29 is 23.1 Å². The number of alkyl halides is 2. The van der Waals surface area contributed by atoms with E-state index in [-0.39, 0.29) is 18.8 Å². The zero-order chi connectivity index (χ0) is 16.8. The first-order valence-corrected chi connectivity index (χ1v) is 6.98. The molecule has 22 heavy (non-hydrogen) atoms. The third kappa shape index (κ3) is 5.79. The third-order valence-corrected chi connectivity index (χ3v) is 3.32. The second-order valence-electron chi connectivity index (χ2n) is 5.86. The number of hydrogen-bond donors (Lipinski definition) is 1. The van der Waals surface area contributed by atoms with E-state index >= 15 is 0 Å². The Kier molecular flexibility index (Phi) is 6.46. The maximum absolute atomic E-state index is 12.9. The van der Waals surface area contributed by atoms with Gasteiger partial charge in [0.1, 0.15) is 6.61 Å². The normalized spacial score (nSPS) is 12.8. The van der Waals surface area contributed by atoms with Crippen LogP contribution in [0.2, 0.25) is 0 Å². The molecule has 0 aliphatic rings.